The molecule has 4 nitrogen and oxygen atoms in total. The van der Waals surface area contributed by atoms with E-state index in [2.05, 4.69) is 24.1 Å². The number of methoxy groups -OCH3 is 1. The number of halogens is 1. The summed E-state index contributed by atoms with van der Waals surface area (Å²) < 4.78 is 4.70. The summed E-state index contributed by atoms with van der Waals surface area (Å²) in [6.07, 6.45) is 4.93. The molecule has 0 bridgehead atoms. The van der Waals surface area contributed by atoms with Crippen LogP contribution in [0.3, 0.4) is 0 Å². The van der Waals surface area contributed by atoms with Gasteiger partial charge in [0.25, 0.3) is 0 Å². The van der Waals surface area contributed by atoms with E-state index >= 15 is 0 Å². The maximum atomic E-state index is 11.5. The van der Waals surface area contributed by atoms with Gasteiger partial charge in [0.15, 0.2) is 15.2 Å². The molecule has 0 aromatic carbocycles. The van der Waals surface area contributed by atoms with Crippen LogP contribution in [0.2, 0.25) is 5.15 Å². The van der Waals surface area contributed by atoms with Gasteiger partial charge in [0.05, 0.1) is 7.11 Å². The van der Waals surface area contributed by atoms with Crippen molar-refractivity contribution in [2.75, 3.05) is 12.4 Å². The number of aromatic nitrogens is 1. The second-order valence-corrected chi connectivity index (χ2v) is 6.93. The van der Waals surface area contributed by atoms with Crippen LogP contribution in [-0.4, -0.2) is 24.1 Å². The monoisotopic (exact) mass is 316 g/mol. The highest BCUT2D eigenvalue weighted by Crippen LogP contribution is 2.34. The molecule has 2 rings (SSSR count). The Morgan fingerprint density at radius 2 is 2.15 bits per heavy atom. The first-order valence-electron chi connectivity index (χ1n) is 7.04. The van der Waals surface area contributed by atoms with E-state index in [0.717, 1.165) is 6.42 Å². The molecule has 0 spiro atoms. The fraction of sp³-hybridized carbons (Fsp3) is 0.714. The van der Waals surface area contributed by atoms with Crippen LogP contribution in [0.1, 0.15) is 49.2 Å². The van der Waals surface area contributed by atoms with Crippen LogP contribution in [0.25, 0.3) is 0 Å². The first-order chi connectivity index (χ1) is 9.52. The molecule has 1 N–H and O–H groups in total. The van der Waals surface area contributed by atoms with Gasteiger partial charge < -0.3 is 10.1 Å². The Bertz CT molecular complexity index is 476. The van der Waals surface area contributed by atoms with E-state index in [4.69, 9.17) is 16.3 Å². The van der Waals surface area contributed by atoms with E-state index in [0.29, 0.717) is 27.9 Å². The van der Waals surface area contributed by atoms with Gasteiger partial charge in [-0.2, -0.15) is 0 Å². The highest BCUT2D eigenvalue weighted by molar-refractivity contribution is 7.18. The third-order valence-corrected chi connectivity index (χ3v) is 5.29. The van der Waals surface area contributed by atoms with Crippen LogP contribution < -0.4 is 5.32 Å². The van der Waals surface area contributed by atoms with Crippen LogP contribution in [0.5, 0.6) is 0 Å². The number of nitrogens with zero attached hydrogens (tertiary/aromatic N) is 1. The predicted molar refractivity (Wildman–Crippen MR) is 82.7 cm³/mol. The summed E-state index contributed by atoms with van der Waals surface area (Å²) in [5.74, 6) is 0.862. The van der Waals surface area contributed by atoms with E-state index in [1.54, 1.807) is 0 Å². The van der Waals surface area contributed by atoms with Crippen molar-refractivity contribution >= 4 is 34.0 Å². The maximum absolute atomic E-state index is 11.5. The lowest BCUT2D eigenvalue weighted by molar-refractivity contribution is 0.0606. The molecule has 1 aliphatic rings. The van der Waals surface area contributed by atoms with Gasteiger partial charge in [-0.05, 0) is 24.7 Å². The molecule has 1 heterocycles. The number of carbonyl (C=O) groups is 1. The minimum Gasteiger partial charge on any atom is -0.465 e. The molecule has 0 saturated heterocycles. The second kappa shape index (κ2) is 6.76. The first kappa shape index (κ1) is 15.6. The molecule has 6 heteroatoms. The van der Waals surface area contributed by atoms with Crippen molar-refractivity contribution in [3.8, 4) is 0 Å². The van der Waals surface area contributed by atoms with Crippen molar-refractivity contribution < 1.29 is 9.53 Å². The topological polar surface area (TPSA) is 51.2 Å². The lowest BCUT2D eigenvalue weighted by Gasteiger charge is -2.34. The molecule has 1 aromatic rings. The van der Waals surface area contributed by atoms with Crippen molar-refractivity contribution in [3.05, 3.63) is 10.0 Å². The molecule has 0 aliphatic heterocycles. The SMILES string of the molecule is COC(=O)c1sc(NC2CCCCC2C(C)C)nc1Cl. The molecule has 2 atom stereocenters. The summed E-state index contributed by atoms with van der Waals surface area (Å²) in [6, 6.07) is 0.413. The first-order valence-corrected chi connectivity index (χ1v) is 8.23. The molecule has 20 heavy (non-hydrogen) atoms. The highest BCUT2D eigenvalue weighted by Gasteiger charge is 2.28. The quantitative estimate of drug-likeness (QED) is 0.845. The van der Waals surface area contributed by atoms with Gasteiger partial charge in [-0.15, -0.1) is 0 Å². The van der Waals surface area contributed by atoms with E-state index in [1.807, 2.05) is 0 Å². The van der Waals surface area contributed by atoms with Crippen molar-refractivity contribution in [2.45, 2.75) is 45.6 Å². The normalized spacial score (nSPS) is 22.9. The highest BCUT2D eigenvalue weighted by atomic mass is 35.5. The smallest absolute Gasteiger partial charge is 0.351 e. The van der Waals surface area contributed by atoms with E-state index in [9.17, 15) is 4.79 Å². The number of carbonyl (C=O) groups excluding carboxylic acids is 1. The van der Waals surface area contributed by atoms with Crippen LogP contribution in [-0.2, 0) is 4.74 Å². The van der Waals surface area contributed by atoms with Crippen LogP contribution >= 0.6 is 22.9 Å². The van der Waals surface area contributed by atoms with Gasteiger partial charge in [-0.3, -0.25) is 0 Å². The number of hydrogen-bond donors (Lipinski definition) is 1. The van der Waals surface area contributed by atoms with E-state index in [-0.39, 0.29) is 5.15 Å². The zero-order chi connectivity index (χ0) is 14.7. The average Bonchev–Trinajstić information content (AvgIpc) is 2.79. The van der Waals surface area contributed by atoms with Gasteiger partial charge in [0, 0.05) is 6.04 Å². The number of nitrogens with one attached hydrogen (secondary N) is 1. The van der Waals surface area contributed by atoms with Gasteiger partial charge in [0.2, 0.25) is 0 Å². The van der Waals surface area contributed by atoms with Crippen LogP contribution in [0.15, 0.2) is 0 Å². The minimum absolute atomic E-state index is 0.223. The summed E-state index contributed by atoms with van der Waals surface area (Å²) in [5.41, 5.74) is 0. The standard InChI is InChI=1S/C14H21ClN2O2S/c1-8(2)9-6-4-5-7-10(9)16-14-17-12(15)11(20-14)13(18)19-3/h8-10H,4-7H2,1-3H3,(H,16,17). The molecule has 1 fully saturated rings. The summed E-state index contributed by atoms with van der Waals surface area (Å²) in [5, 5.41) is 4.41. The molecule has 0 amide bonds. The molecule has 1 saturated carbocycles. The lowest BCUT2D eigenvalue weighted by atomic mass is 9.78. The van der Waals surface area contributed by atoms with Gasteiger partial charge >= 0.3 is 5.97 Å². The van der Waals surface area contributed by atoms with E-state index in [1.165, 1.54) is 37.7 Å². The number of thiazole rings is 1. The Balaban J connectivity index is 2.10. The zero-order valence-electron chi connectivity index (χ0n) is 12.1. The largest absolute Gasteiger partial charge is 0.465 e. The lowest BCUT2D eigenvalue weighted by Crippen LogP contribution is -2.35. The number of esters is 1. The van der Waals surface area contributed by atoms with Crippen LogP contribution in [0.4, 0.5) is 5.13 Å². The van der Waals surface area contributed by atoms with Crippen LogP contribution in [0, 0.1) is 11.8 Å². The van der Waals surface area contributed by atoms with Gasteiger partial charge in [0.1, 0.15) is 0 Å². The van der Waals surface area contributed by atoms with Crippen molar-refractivity contribution in [3.63, 3.8) is 0 Å². The Morgan fingerprint density at radius 1 is 1.45 bits per heavy atom. The van der Waals surface area contributed by atoms with Gasteiger partial charge in [-0.1, -0.05) is 49.6 Å². The third kappa shape index (κ3) is 3.44. The molecular weight excluding hydrogens is 296 g/mol. The van der Waals surface area contributed by atoms with Crippen molar-refractivity contribution in [1.29, 1.82) is 0 Å². The third-order valence-electron chi connectivity index (χ3n) is 3.94. The number of ether oxygens (including phenoxy) is 1. The molecule has 1 aliphatic carbocycles. The van der Waals surface area contributed by atoms with Crippen molar-refractivity contribution in [1.82, 2.24) is 4.98 Å². The molecule has 112 valence electrons. The zero-order valence-corrected chi connectivity index (χ0v) is 13.7. The molecule has 2 unspecified atom stereocenters. The maximum Gasteiger partial charge on any atom is 0.351 e. The fourth-order valence-corrected chi connectivity index (χ4v) is 4.04. The molecule has 0 radical (unpaired) electrons. The summed E-state index contributed by atoms with van der Waals surface area (Å²) in [4.78, 5) is 16.2. The number of hydrogen-bond acceptors (Lipinski definition) is 5. The Morgan fingerprint density at radius 3 is 2.80 bits per heavy atom. The predicted octanol–water partition coefficient (Wildman–Crippen LogP) is 4.21. The minimum atomic E-state index is -0.426. The van der Waals surface area contributed by atoms with E-state index < -0.39 is 5.97 Å². The average molecular weight is 317 g/mol. The second-order valence-electron chi connectivity index (χ2n) is 5.57. The fourth-order valence-electron chi connectivity index (χ4n) is 2.88. The molecule has 1 aromatic heterocycles. The Labute approximate surface area is 128 Å². The van der Waals surface area contributed by atoms with Crippen molar-refractivity contribution in [2.24, 2.45) is 11.8 Å². The molecular formula is C14H21ClN2O2S. The number of rotatable bonds is 4. The summed E-state index contributed by atoms with van der Waals surface area (Å²) in [6.45, 7) is 4.53. The van der Waals surface area contributed by atoms with Gasteiger partial charge in [-0.25, -0.2) is 9.78 Å². The Hall–Kier alpha value is -0.810. The summed E-state index contributed by atoms with van der Waals surface area (Å²) >= 11 is 7.26. The summed E-state index contributed by atoms with van der Waals surface area (Å²) in [7, 11) is 1.35. The Kier molecular flexibility index (Phi) is 5.27. The number of anilines is 1.